The van der Waals surface area contributed by atoms with Crippen LogP contribution in [0.1, 0.15) is 40.5 Å². The molecule has 2 aromatic carbocycles. The van der Waals surface area contributed by atoms with Crippen LogP contribution in [0.3, 0.4) is 0 Å². The van der Waals surface area contributed by atoms with E-state index >= 15 is 0 Å². The summed E-state index contributed by atoms with van der Waals surface area (Å²) in [6.45, 7) is 2.96. The Kier molecular flexibility index (Phi) is 7.17. The van der Waals surface area contributed by atoms with Gasteiger partial charge in [-0.25, -0.2) is 4.98 Å². The van der Waals surface area contributed by atoms with Crippen molar-refractivity contribution in [3.05, 3.63) is 76.2 Å². The van der Waals surface area contributed by atoms with E-state index < -0.39 is 0 Å². The maximum Gasteiger partial charge on any atom is 0.251 e. The van der Waals surface area contributed by atoms with E-state index in [0.717, 1.165) is 30.1 Å². The zero-order valence-corrected chi connectivity index (χ0v) is 18.4. The molecule has 6 nitrogen and oxygen atoms in total. The molecule has 1 saturated heterocycles. The lowest BCUT2D eigenvalue weighted by molar-refractivity contribution is 0.0937. The Hall–Kier alpha value is -2.90. The van der Waals surface area contributed by atoms with E-state index in [1.54, 1.807) is 24.8 Å². The summed E-state index contributed by atoms with van der Waals surface area (Å²) in [6.07, 6.45) is 2.36. The number of ether oxygens (including phenoxy) is 2. The van der Waals surface area contributed by atoms with Gasteiger partial charge in [0.15, 0.2) is 0 Å². The van der Waals surface area contributed by atoms with Crippen LogP contribution in [-0.4, -0.2) is 42.5 Å². The molecule has 3 aromatic rings. The van der Waals surface area contributed by atoms with Crippen molar-refractivity contribution in [1.82, 2.24) is 15.2 Å². The molecule has 1 aliphatic rings. The van der Waals surface area contributed by atoms with Gasteiger partial charge in [-0.2, -0.15) is 0 Å². The van der Waals surface area contributed by atoms with Crippen molar-refractivity contribution in [2.75, 3.05) is 26.7 Å². The van der Waals surface area contributed by atoms with Crippen LogP contribution >= 0.6 is 11.3 Å². The smallest absolute Gasteiger partial charge is 0.251 e. The van der Waals surface area contributed by atoms with Gasteiger partial charge in [0.25, 0.3) is 5.91 Å². The van der Waals surface area contributed by atoms with Crippen molar-refractivity contribution in [2.24, 2.45) is 0 Å². The SMILES string of the molecule is COc1ccccc1C(CNC(=O)c1cccc(OCc2cscn2)c1)N1CCCC1. The second-order valence-electron chi connectivity index (χ2n) is 7.51. The number of nitrogens with one attached hydrogen (secondary N) is 1. The summed E-state index contributed by atoms with van der Waals surface area (Å²) in [7, 11) is 1.69. The molecule has 1 amide bonds. The Morgan fingerprint density at radius 1 is 1.19 bits per heavy atom. The number of hydrogen-bond donors (Lipinski definition) is 1. The minimum atomic E-state index is -0.113. The van der Waals surface area contributed by atoms with Crippen molar-refractivity contribution < 1.29 is 14.3 Å². The third kappa shape index (κ3) is 5.42. The summed E-state index contributed by atoms with van der Waals surface area (Å²) in [6, 6.07) is 15.4. The van der Waals surface area contributed by atoms with Crippen LogP contribution in [0.25, 0.3) is 0 Å². The predicted molar refractivity (Wildman–Crippen MR) is 122 cm³/mol. The molecule has 2 heterocycles. The standard InChI is InChI=1S/C24H27N3O3S/c1-29-23-10-3-2-9-21(23)22(27-11-4-5-12-27)14-25-24(28)18-7-6-8-20(13-18)30-15-19-16-31-17-26-19/h2-3,6-10,13,16-17,22H,4-5,11-12,14-15H2,1H3,(H,25,28). The molecule has 0 aliphatic carbocycles. The van der Waals surface area contributed by atoms with Crippen LogP contribution < -0.4 is 14.8 Å². The number of para-hydroxylation sites is 1. The first-order valence-electron chi connectivity index (χ1n) is 10.5. The van der Waals surface area contributed by atoms with Crippen molar-refractivity contribution in [3.63, 3.8) is 0 Å². The highest BCUT2D eigenvalue weighted by Crippen LogP contribution is 2.31. The van der Waals surface area contributed by atoms with Crippen LogP contribution in [0, 0.1) is 0 Å². The molecule has 1 aliphatic heterocycles. The van der Waals surface area contributed by atoms with Crippen LogP contribution in [0.5, 0.6) is 11.5 Å². The second kappa shape index (κ2) is 10.4. The number of methoxy groups -OCH3 is 1. The second-order valence-corrected chi connectivity index (χ2v) is 8.23. The number of nitrogens with zero attached hydrogens (tertiary/aromatic N) is 2. The minimum absolute atomic E-state index is 0.0756. The number of hydrogen-bond acceptors (Lipinski definition) is 6. The first-order valence-corrected chi connectivity index (χ1v) is 11.4. The quantitative estimate of drug-likeness (QED) is 0.541. The first kappa shape index (κ1) is 21.3. The zero-order valence-electron chi connectivity index (χ0n) is 17.6. The molecule has 4 rings (SSSR count). The monoisotopic (exact) mass is 437 g/mol. The fraction of sp³-hybridized carbons (Fsp3) is 0.333. The van der Waals surface area contributed by atoms with Gasteiger partial charge in [0.1, 0.15) is 18.1 Å². The number of rotatable bonds is 9. The third-order valence-corrected chi connectivity index (χ3v) is 6.14. The van der Waals surface area contributed by atoms with Crippen molar-refractivity contribution >= 4 is 17.2 Å². The average Bonchev–Trinajstić information content (AvgIpc) is 3.53. The van der Waals surface area contributed by atoms with Gasteiger partial charge in [0.2, 0.25) is 0 Å². The molecule has 0 radical (unpaired) electrons. The number of carbonyl (C=O) groups is 1. The molecule has 1 N–H and O–H groups in total. The highest BCUT2D eigenvalue weighted by atomic mass is 32.1. The Bertz CT molecular complexity index is 987. The largest absolute Gasteiger partial charge is 0.496 e. The third-order valence-electron chi connectivity index (χ3n) is 5.50. The molecule has 0 spiro atoms. The van der Waals surface area contributed by atoms with Gasteiger partial charge >= 0.3 is 0 Å². The number of benzene rings is 2. The highest BCUT2D eigenvalue weighted by Gasteiger charge is 2.26. The Balaban J connectivity index is 1.43. The van der Waals surface area contributed by atoms with E-state index in [1.807, 2.05) is 35.7 Å². The summed E-state index contributed by atoms with van der Waals surface area (Å²) in [4.78, 5) is 19.5. The first-order chi connectivity index (χ1) is 15.2. The number of carbonyl (C=O) groups excluding carboxylic acids is 1. The van der Waals surface area contributed by atoms with E-state index in [2.05, 4.69) is 21.3 Å². The lowest BCUT2D eigenvalue weighted by Crippen LogP contribution is -2.37. The van der Waals surface area contributed by atoms with Crippen molar-refractivity contribution in [1.29, 1.82) is 0 Å². The highest BCUT2D eigenvalue weighted by molar-refractivity contribution is 7.07. The molecular formula is C24H27N3O3S. The summed E-state index contributed by atoms with van der Waals surface area (Å²) in [5.41, 5.74) is 4.34. The molecule has 0 bridgehead atoms. The van der Waals surface area contributed by atoms with Gasteiger partial charge in [-0.1, -0.05) is 24.3 Å². The molecule has 1 atom stereocenters. The normalized spacial score (nSPS) is 14.9. The minimum Gasteiger partial charge on any atom is -0.496 e. The fourth-order valence-electron chi connectivity index (χ4n) is 3.92. The lowest BCUT2D eigenvalue weighted by Gasteiger charge is -2.29. The van der Waals surface area contributed by atoms with Gasteiger partial charge < -0.3 is 14.8 Å². The summed E-state index contributed by atoms with van der Waals surface area (Å²) in [5, 5.41) is 5.07. The summed E-state index contributed by atoms with van der Waals surface area (Å²) < 4.78 is 11.4. The number of likely N-dealkylation sites (tertiary alicyclic amines) is 1. The fourth-order valence-corrected chi connectivity index (χ4v) is 4.46. The maximum absolute atomic E-state index is 12.9. The summed E-state index contributed by atoms with van der Waals surface area (Å²) in [5.74, 6) is 1.39. The predicted octanol–water partition coefficient (Wildman–Crippen LogP) is 4.30. The Morgan fingerprint density at radius 2 is 2.03 bits per heavy atom. The van der Waals surface area contributed by atoms with Crippen LogP contribution in [0.15, 0.2) is 59.4 Å². The average molecular weight is 438 g/mol. The topological polar surface area (TPSA) is 63.7 Å². The van der Waals surface area contributed by atoms with Crippen LogP contribution in [0.4, 0.5) is 0 Å². The molecule has 1 aromatic heterocycles. The van der Waals surface area contributed by atoms with Gasteiger partial charge in [0, 0.05) is 23.1 Å². The zero-order chi connectivity index (χ0) is 21.5. The van der Waals surface area contributed by atoms with Gasteiger partial charge in [-0.3, -0.25) is 9.69 Å². The van der Waals surface area contributed by atoms with Crippen LogP contribution in [0.2, 0.25) is 0 Å². The van der Waals surface area contributed by atoms with Crippen molar-refractivity contribution in [3.8, 4) is 11.5 Å². The molecule has 7 heteroatoms. The van der Waals surface area contributed by atoms with Gasteiger partial charge in [-0.15, -0.1) is 11.3 Å². The number of thiazole rings is 1. The van der Waals surface area contributed by atoms with E-state index in [9.17, 15) is 4.79 Å². The summed E-state index contributed by atoms with van der Waals surface area (Å²) >= 11 is 1.53. The lowest BCUT2D eigenvalue weighted by atomic mass is 10.0. The molecule has 31 heavy (non-hydrogen) atoms. The maximum atomic E-state index is 12.9. The van der Waals surface area contributed by atoms with Crippen molar-refractivity contribution in [2.45, 2.75) is 25.5 Å². The van der Waals surface area contributed by atoms with E-state index in [0.29, 0.717) is 24.5 Å². The Labute approximate surface area is 186 Å². The Morgan fingerprint density at radius 3 is 2.81 bits per heavy atom. The molecular weight excluding hydrogens is 410 g/mol. The van der Waals surface area contributed by atoms with E-state index in [4.69, 9.17) is 9.47 Å². The molecule has 1 unspecified atom stereocenters. The molecule has 1 fully saturated rings. The molecule has 0 saturated carbocycles. The number of amides is 1. The van der Waals surface area contributed by atoms with Crippen LogP contribution in [-0.2, 0) is 6.61 Å². The molecule has 162 valence electrons. The van der Waals surface area contributed by atoms with E-state index in [-0.39, 0.29) is 11.9 Å². The number of aromatic nitrogens is 1. The van der Waals surface area contributed by atoms with Gasteiger partial charge in [-0.05, 0) is 50.2 Å². The van der Waals surface area contributed by atoms with E-state index in [1.165, 1.54) is 24.2 Å². The van der Waals surface area contributed by atoms with Gasteiger partial charge in [0.05, 0.1) is 24.4 Å².